The van der Waals surface area contributed by atoms with E-state index < -0.39 is 41.6 Å². The van der Waals surface area contributed by atoms with Gasteiger partial charge in [0.1, 0.15) is 36.4 Å². The Morgan fingerprint density at radius 1 is 0.975 bits per heavy atom. The summed E-state index contributed by atoms with van der Waals surface area (Å²) < 4.78 is 26.9. The van der Waals surface area contributed by atoms with E-state index in [9.17, 15) is 19.2 Å². The summed E-state index contributed by atoms with van der Waals surface area (Å²) in [6, 6.07) is 13.0. The van der Waals surface area contributed by atoms with Crippen molar-refractivity contribution in [2.45, 2.75) is 57.8 Å². The van der Waals surface area contributed by atoms with Crippen molar-refractivity contribution in [2.75, 3.05) is 27.4 Å². The first-order valence-electron chi connectivity index (χ1n) is 12.9. The summed E-state index contributed by atoms with van der Waals surface area (Å²) in [7, 11) is 2.91. The fourth-order valence-corrected chi connectivity index (χ4v) is 4.26. The number of hydrogen-bond donors (Lipinski definition) is 1. The third-order valence-electron chi connectivity index (χ3n) is 6.08. The summed E-state index contributed by atoms with van der Waals surface area (Å²) >= 11 is 0. The average molecular weight is 557 g/mol. The molecule has 0 bridgehead atoms. The first-order valence-corrected chi connectivity index (χ1v) is 12.9. The minimum absolute atomic E-state index is 0.00548. The third-order valence-corrected chi connectivity index (χ3v) is 6.08. The van der Waals surface area contributed by atoms with Crippen molar-refractivity contribution in [2.24, 2.45) is 0 Å². The number of carbonyl (C=O) groups excluding carboxylic acids is 4. The lowest BCUT2D eigenvalue weighted by Gasteiger charge is -2.26. The number of methoxy groups -OCH3 is 2. The van der Waals surface area contributed by atoms with Crippen LogP contribution in [0.25, 0.3) is 0 Å². The number of benzene rings is 2. The number of amides is 3. The van der Waals surface area contributed by atoms with Gasteiger partial charge in [0, 0.05) is 5.56 Å². The standard InChI is InChI=1S/C29H36N2O9/c1-29(2,3)40-27(34)30-21(26(33)39-18-19-10-7-6-8-11-19)15-14-20(25(32)31-16-17-38-28(31)35)24-22(36-4)12-9-13-23(24)37-5/h6-13,20-21H,14-18H2,1-5H3,(H,30,34)/t20?,21-/m0/s1. The zero-order valence-corrected chi connectivity index (χ0v) is 23.4. The molecule has 1 unspecified atom stereocenters. The Bertz CT molecular complexity index is 1170. The Morgan fingerprint density at radius 3 is 2.17 bits per heavy atom. The Balaban J connectivity index is 1.89. The Hall–Kier alpha value is -4.28. The van der Waals surface area contributed by atoms with Gasteiger partial charge in [0.15, 0.2) is 0 Å². The number of alkyl carbamates (subject to hydrolysis) is 1. The molecule has 216 valence electrons. The predicted octanol–water partition coefficient (Wildman–Crippen LogP) is 4.18. The monoisotopic (exact) mass is 556 g/mol. The SMILES string of the molecule is COc1cccc(OC)c1C(CC[C@H](NC(=O)OC(C)(C)C)C(=O)OCc1ccccc1)C(=O)N1CCOC1=O. The molecule has 40 heavy (non-hydrogen) atoms. The maximum absolute atomic E-state index is 13.7. The molecule has 1 saturated heterocycles. The van der Waals surface area contributed by atoms with E-state index in [0.29, 0.717) is 17.1 Å². The number of esters is 1. The lowest BCUT2D eigenvalue weighted by molar-refractivity contribution is -0.148. The van der Waals surface area contributed by atoms with Gasteiger partial charge in [-0.1, -0.05) is 36.4 Å². The topological polar surface area (TPSA) is 130 Å². The van der Waals surface area contributed by atoms with Gasteiger partial charge < -0.3 is 29.0 Å². The van der Waals surface area contributed by atoms with Crippen LogP contribution in [0.5, 0.6) is 11.5 Å². The van der Waals surface area contributed by atoms with Gasteiger partial charge >= 0.3 is 18.2 Å². The summed E-state index contributed by atoms with van der Waals surface area (Å²) in [4.78, 5) is 52.8. The molecule has 0 radical (unpaired) electrons. The third kappa shape index (κ3) is 8.11. The second-order valence-electron chi connectivity index (χ2n) is 10.1. The van der Waals surface area contributed by atoms with E-state index in [4.69, 9.17) is 23.7 Å². The Morgan fingerprint density at radius 2 is 1.62 bits per heavy atom. The average Bonchev–Trinajstić information content (AvgIpc) is 3.36. The predicted molar refractivity (Wildman–Crippen MR) is 144 cm³/mol. The van der Waals surface area contributed by atoms with Gasteiger partial charge in [-0.25, -0.2) is 19.3 Å². The number of ether oxygens (including phenoxy) is 5. The fourth-order valence-electron chi connectivity index (χ4n) is 4.26. The number of hydrogen-bond acceptors (Lipinski definition) is 9. The summed E-state index contributed by atoms with van der Waals surface area (Å²) in [5.41, 5.74) is 0.374. The van der Waals surface area contributed by atoms with Crippen LogP contribution < -0.4 is 14.8 Å². The number of imide groups is 1. The lowest BCUT2D eigenvalue weighted by Crippen LogP contribution is -2.45. The van der Waals surface area contributed by atoms with Crippen molar-refractivity contribution in [1.29, 1.82) is 0 Å². The molecule has 2 aromatic rings. The molecule has 3 rings (SSSR count). The molecule has 1 N–H and O–H groups in total. The number of cyclic esters (lactones) is 1. The molecular formula is C29H36N2O9. The molecule has 1 aliphatic rings. The van der Waals surface area contributed by atoms with Crippen molar-refractivity contribution in [3.63, 3.8) is 0 Å². The summed E-state index contributed by atoms with van der Waals surface area (Å²) in [5.74, 6) is -1.48. The van der Waals surface area contributed by atoms with Gasteiger partial charge in [0.25, 0.3) is 0 Å². The molecule has 1 aliphatic heterocycles. The zero-order chi connectivity index (χ0) is 29.3. The van der Waals surface area contributed by atoms with Crippen LogP contribution in [-0.4, -0.2) is 68.0 Å². The van der Waals surface area contributed by atoms with Crippen LogP contribution in [0.3, 0.4) is 0 Å². The largest absolute Gasteiger partial charge is 0.496 e. The van der Waals surface area contributed by atoms with Gasteiger partial charge in [-0.3, -0.25) is 4.79 Å². The molecule has 0 saturated carbocycles. The quantitative estimate of drug-likeness (QED) is 0.320. The van der Waals surface area contributed by atoms with Crippen LogP contribution in [-0.2, 0) is 30.4 Å². The summed E-state index contributed by atoms with van der Waals surface area (Å²) in [6.07, 6.45) is -1.56. The minimum atomic E-state index is -1.15. The van der Waals surface area contributed by atoms with E-state index in [0.717, 1.165) is 10.5 Å². The first kappa shape index (κ1) is 30.3. The van der Waals surface area contributed by atoms with Gasteiger partial charge in [-0.05, 0) is 51.3 Å². The number of carbonyl (C=O) groups is 4. The molecule has 1 fully saturated rings. The highest BCUT2D eigenvalue weighted by Gasteiger charge is 2.38. The molecule has 2 atom stereocenters. The van der Waals surface area contributed by atoms with E-state index in [1.165, 1.54) is 14.2 Å². The van der Waals surface area contributed by atoms with E-state index in [2.05, 4.69) is 5.32 Å². The normalized spacial score (nSPS) is 14.5. The maximum atomic E-state index is 13.7. The smallest absolute Gasteiger partial charge is 0.416 e. The molecular weight excluding hydrogens is 520 g/mol. The molecule has 1 heterocycles. The second kappa shape index (κ2) is 13.7. The number of nitrogens with one attached hydrogen (secondary N) is 1. The maximum Gasteiger partial charge on any atom is 0.416 e. The van der Waals surface area contributed by atoms with Gasteiger partial charge in [-0.2, -0.15) is 0 Å². The number of nitrogens with zero attached hydrogens (tertiary/aromatic N) is 1. The van der Waals surface area contributed by atoms with Gasteiger partial charge in [0.2, 0.25) is 5.91 Å². The van der Waals surface area contributed by atoms with Gasteiger partial charge in [-0.15, -0.1) is 0 Å². The summed E-state index contributed by atoms with van der Waals surface area (Å²) in [5, 5.41) is 2.58. The minimum Gasteiger partial charge on any atom is -0.496 e. The van der Waals surface area contributed by atoms with Crippen LogP contribution in [0.15, 0.2) is 48.5 Å². The Labute approximate surface area is 233 Å². The van der Waals surface area contributed by atoms with Crippen LogP contribution in [0.1, 0.15) is 50.7 Å². The lowest BCUT2D eigenvalue weighted by atomic mass is 9.89. The molecule has 2 aromatic carbocycles. The Kier molecular flexibility index (Phi) is 10.4. The highest BCUT2D eigenvalue weighted by molar-refractivity contribution is 5.97. The zero-order valence-electron chi connectivity index (χ0n) is 23.4. The van der Waals surface area contributed by atoms with E-state index in [-0.39, 0.29) is 32.6 Å². The molecule has 11 nitrogen and oxygen atoms in total. The molecule has 11 heteroatoms. The van der Waals surface area contributed by atoms with Crippen molar-refractivity contribution in [3.8, 4) is 11.5 Å². The van der Waals surface area contributed by atoms with Crippen LogP contribution >= 0.6 is 0 Å². The van der Waals surface area contributed by atoms with E-state index in [1.54, 1.807) is 51.1 Å². The molecule has 0 spiro atoms. The fraction of sp³-hybridized carbons (Fsp3) is 0.448. The summed E-state index contributed by atoms with van der Waals surface area (Å²) in [6.45, 7) is 5.26. The van der Waals surface area contributed by atoms with Crippen molar-refractivity contribution < 1.29 is 42.9 Å². The molecule has 0 aliphatic carbocycles. The van der Waals surface area contributed by atoms with Crippen molar-refractivity contribution >= 4 is 24.1 Å². The van der Waals surface area contributed by atoms with Crippen LogP contribution in [0.2, 0.25) is 0 Å². The number of rotatable bonds is 11. The molecule has 3 amide bonds. The molecule has 0 aromatic heterocycles. The van der Waals surface area contributed by atoms with Crippen molar-refractivity contribution in [1.82, 2.24) is 10.2 Å². The van der Waals surface area contributed by atoms with Crippen LogP contribution in [0.4, 0.5) is 9.59 Å². The van der Waals surface area contributed by atoms with Crippen LogP contribution in [0, 0.1) is 0 Å². The van der Waals surface area contributed by atoms with E-state index >= 15 is 0 Å². The van der Waals surface area contributed by atoms with Gasteiger partial charge in [0.05, 0.1) is 26.7 Å². The highest BCUT2D eigenvalue weighted by atomic mass is 16.6. The van der Waals surface area contributed by atoms with Crippen molar-refractivity contribution in [3.05, 3.63) is 59.7 Å². The van der Waals surface area contributed by atoms with E-state index in [1.807, 2.05) is 18.2 Å². The first-order chi connectivity index (χ1) is 19.0. The second-order valence-corrected chi connectivity index (χ2v) is 10.1. The highest BCUT2D eigenvalue weighted by Crippen LogP contribution is 2.39.